The first-order valence-electron chi connectivity index (χ1n) is 13.9. The average molecular weight is 441 g/mol. The Bertz CT molecular complexity index is 361. The maximum absolute atomic E-state index is 11.1. The zero-order valence-corrected chi connectivity index (χ0v) is 21.1. The molecule has 0 aromatic carbocycles. The SMILES string of the molecule is CCCCCCCCCCCCCCCCCCCCCCCCCCC(=O)N(N)O. The zero-order chi connectivity index (χ0) is 22.8. The molecule has 186 valence electrons. The van der Waals surface area contributed by atoms with Crippen molar-refractivity contribution in [2.24, 2.45) is 5.84 Å². The van der Waals surface area contributed by atoms with E-state index in [0.29, 0.717) is 6.42 Å². The molecule has 0 aliphatic rings. The Balaban J connectivity index is 3.04. The quantitative estimate of drug-likeness (QED) is 0.0489. The Hall–Kier alpha value is -0.610. The number of carbonyl (C=O) groups excluding carboxylic acids is 1. The second kappa shape index (κ2) is 25.6. The summed E-state index contributed by atoms with van der Waals surface area (Å²) in [6, 6.07) is 0. The maximum Gasteiger partial charge on any atom is 0.260 e. The average Bonchev–Trinajstić information content (AvgIpc) is 2.76. The summed E-state index contributed by atoms with van der Waals surface area (Å²) in [5.41, 5.74) is 0. The lowest BCUT2D eigenvalue weighted by Crippen LogP contribution is -2.33. The molecule has 1 amide bonds. The lowest BCUT2D eigenvalue weighted by atomic mass is 10.0. The van der Waals surface area contributed by atoms with Crippen molar-refractivity contribution in [2.45, 2.75) is 167 Å². The molecule has 0 fully saturated rings. The molecule has 0 aliphatic heterocycles. The summed E-state index contributed by atoms with van der Waals surface area (Å²) < 4.78 is 0. The molecule has 0 saturated carbocycles. The van der Waals surface area contributed by atoms with E-state index in [4.69, 9.17) is 11.0 Å². The third kappa shape index (κ3) is 25.5. The van der Waals surface area contributed by atoms with E-state index < -0.39 is 0 Å². The highest BCUT2D eigenvalue weighted by atomic mass is 16.5. The number of hydrogen-bond donors (Lipinski definition) is 2. The molecule has 4 heteroatoms. The Morgan fingerprint density at radius 3 is 0.968 bits per heavy atom. The first-order chi connectivity index (χ1) is 15.2. The molecule has 0 bridgehead atoms. The van der Waals surface area contributed by atoms with Crippen LogP contribution in [-0.2, 0) is 4.79 Å². The third-order valence-electron chi connectivity index (χ3n) is 6.50. The van der Waals surface area contributed by atoms with Gasteiger partial charge in [-0.2, -0.15) is 5.17 Å². The fourth-order valence-electron chi connectivity index (χ4n) is 4.35. The van der Waals surface area contributed by atoms with Gasteiger partial charge in [-0.25, -0.2) is 5.84 Å². The summed E-state index contributed by atoms with van der Waals surface area (Å²) in [6.45, 7) is 2.29. The summed E-state index contributed by atoms with van der Waals surface area (Å²) in [4.78, 5) is 11.1. The Morgan fingerprint density at radius 1 is 0.516 bits per heavy atom. The van der Waals surface area contributed by atoms with Crippen LogP contribution in [0.2, 0.25) is 0 Å². The number of nitrogens with zero attached hydrogens (tertiary/aromatic N) is 1. The fourth-order valence-corrected chi connectivity index (χ4v) is 4.35. The van der Waals surface area contributed by atoms with Crippen LogP contribution in [0.4, 0.5) is 0 Å². The number of hydrazine groups is 1. The van der Waals surface area contributed by atoms with Gasteiger partial charge < -0.3 is 0 Å². The van der Waals surface area contributed by atoms with Gasteiger partial charge in [-0.15, -0.1) is 0 Å². The van der Waals surface area contributed by atoms with Gasteiger partial charge in [0.1, 0.15) is 0 Å². The Labute approximate surface area is 194 Å². The van der Waals surface area contributed by atoms with E-state index in [0.717, 1.165) is 12.8 Å². The summed E-state index contributed by atoms with van der Waals surface area (Å²) in [7, 11) is 0. The molecule has 0 radical (unpaired) electrons. The first-order valence-corrected chi connectivity index (χ1v) is 13.9. The topological polar surface area (TPSA) is 66.6 Å². The van der Waals surface area contributed by atoms with Crippen LogP contribution in [0.15, 0.2) is 0 Å². The van der Waals surface area contributed by atoms with E-state index in [1.54, 1.807) is 0 Å². The number of rotatable bonds is 25. The highest BCUT2D eigenvalue weighted by Crippen LogP contribution is 2.15. The van der Waals surface area contributed by atoms with Crippen LogP contribution in [0.1, 0.15) is 167 Å². The van der Waals surface area contributed by atoms with Crippen LogP contribution in [0.3, 0.4) is 0 Å². The van der Waals surface area contributed by atoms with E-state index in [1.807, 2.05) is 0 Å². The van der Waals surface area contributed by atoms with Crippen LogP contribution < -0.4 is 5.84 Å². The minimum absolute atomic E-state index is 0.207. The monoisotopic (exact) mass is 440 g/mol. The van der Waals surface area contributed by atoms with Gasteiger partial charge in [-0.1, -0.05) is 155 Å². The number of hydrogen-bond acceptors (Lipinski definition) is 3. The highest BCUT2D eigenvalue weighted by molar-refractivity contribution is 5.74. The molecule has 0 aliphatic carbocycles. The lowest BCUT2D eigenvalue weighted by molar-refractivity contribution is -0.166. The van der Waals surface area contributed by atoms with Crippen LogP contribution >= 0.6 is 0 Å². The van der Waals surface area contributed by atoms with E-state index in [9.17, 15) is 4.79 Å². The molecule has 4 nitrogen and oxygen atoms in total. The van der Waals surface area contributed by atoms with Crippen LogP contribution in [0, 0.1) is 0 Å². The molecule has 0 aromatic heterocycles. The summed E-state index contributed by atoms with van der Waals surface area (Å²) in [6.07, 6.45) is 33.2. The second-order valence-electron chi connectivity index (χ2n) is 9.62. The third-order valence-corrected chi connectivity index (χ3v) is 6.50. The first kappa shape index (κ1) is 30.4. The van der Waals surface area contributed by atoms with Crippen LogP contribution in [0.5, 0.6) is 0 Å². The lowest BCUT2D eigenvalue weighted by Gasteiger charge is -2.07. The van der Waals surface area contributed by atoms with Crippen LogP contribution in [-0.4, -0.2) is 16.3 Å². The largest absolute Gasteiger partial charge is 0.271 e. The van der Waals surface area contributed by atoms with Gasteiger partial charge >= 0.3 is 0 Å². The minimum atomic E-state index is -0.390. The van der Waals surface area contributed by atoms with E-state index in [-0.39, 0.29) is 11.1 Å². The molecule has 0 atom stereocenters. The number of amides is 1. The van der Waals surface area contributed by atoms with Gasteiger partial charge in [0.2, 0.25) is 0 Å². The molecule has 0 heterocycles. The Morgan fingerprint density at radius 2 is 0.742 bits per heavy atom. The molecule has 0 rings (SSSR count). The zero-order valence-electron chi connectivity index (χ0n) is 21.1. The number of carbonyl (C=O) groups is 1. The van der Waals surface area contributed by atoms with Crippen molar-refractivity contribution in [1.82, 2.24) is 5.17 Å². The van der Waals surface area contributed by atoms with Gasteiger partial charge in [-0.3, -0.25) is 10.0 Å². The van der Waals surface area contributed by atoms with Crippen molar-refractivity contribution in [2.75, 3.05) is 0 Å². The van der Waals surface area contributed by atoms with Crippen LogP contribution in [0.25, 0.3) is 0 Å². The van der Waals surface area contributed by atoms with Gasteiger partial charge in [0, 0.05) is 6.42 Å². The molecule has 0 aromatic rings. The molecular formula is C27H56N2O2. The molecule has 0 saturated heterocycles. The van der Waals surface area contributed by atoms with Gasteiger partial charge in [-0.05, 0) is 6.42 Å². The Kier molecular flexibility index (Phi) is 25.1. The van der Waals surface area contributed by atoms with Crippen molar-refractivity contribution >= 4 is 5.91 Å². The predicted molar refractivity (Wildman–Crippen MR) is 134 cm³/mol. The standard InChI is InChI=1S/C27H56N2O2/c1-2-3-4-5-6-7-8-9-10-11-12-13-14-15-16-17-18-19-20-21-22-23-24-25-26-27(30)29(28)31/h31H,2-26,28H2,1H3. The molecule has 3 N–H and O–H groups in total. The van der Waals surface area contributed by atoms with Gasteiger partial charge in [0.05, 0.1) is 0 Å². The summed E-state index contributed by atoms with van der Waals surface area (Å²) in [5.74, 6) is 4.58. The normalized spacial score (nSPS) is 11.2. The minimum Gasteiger partial charge on any atom is -0.271 e. The predicted octanol–water partition coefficient (Wildman–Crippen LogP) is 8.85. The number of hydroxylamine groups is 1. The maximum atomic E-state index is 11.1. The van der Waals surface area contributed by atoms with Crippen molar-refractivity contribution in [3.63, 3.8) is 0 Å². The van der Waals surface area contributed by atoms with Gasteiger partial charge in [0.15, 0.2) is 0 Å². The molecule has 0 unspecified atom stereocenters. The summed E-state index contributed by atoms with van der Waals surface area (Å²) in [5, 5.41) is 8.97. The van der Waals surface area contributed by atoms with E-state index in [1.165, 1.54) is 141 Å². The van der Waals surface area contributed by atoms with Crippen molar-refractivity contribution in [3.8, 4) is 0 Å². The smallest absolute Gasteiger partial charge is 0.260 e. The van der Waals surface area contributed by atoms with Crippen molar-refractivity contribution < 1.29 is 10.0 Å². The highest BCUT2D eigenvalue weighted by Gasteiger charge is 2.04. The van der Waals surface area contributed by atoms with Crippen molar-refractivity contribution in [3.05, 3.63) is 0 Å². The second-order valence-corrected chi connectivity index (χ2v) is 9.62. The number of unbranched alkanes of at least 4 members (excludes halogenated alkanes) is 23. The molecule has 0 spiro atoms. The summed E-state index contributed by atoms with van der Waals surface area (Å²) >= 11 is 0. The number of nitrogens with two attached hydrogens (primary N) is 1. The van der Waals surface area contributed by atoms with Gasteiger partial charge in [0.25, 0.3) is 5.91 Å². The van der Waals surface area contributed by atoms with Crippen molar-refractivity contribution in [1.29, 1.82) is 0 Å². The van der Waals surface area contributed by atoms with E-state index in [2.05, 4.69) is 6.92 Å². The fraction of sp³-hybridized carbons (Fsp3) is 0.963. The molecular weight excluding hydrogens is 384 g/mol. The van der Waals surface area contributed by atoms with E-state index >= 15 is 0 Å². The molecule has 31 heavy (non-hydrogen) atoms.